The van der Waals surface area contributed by atoms with Crippen LogP contribution in [0.2, 0.25) is 0 Å². The maximum Gasteiger partial charge on any atom is 0.253 e. The molecule has 2 rings (SSSR count). The summed E-state index contributed by atoms with van der Waals surface area (Å²) in [6.07, 6.45) is 4.05. The zero-order valence-corrected chi connectivity index (χ0v) is 11.5. The third-order valence-electron chi connectivity index (χ3n) is 2.45. The fourth-order valence-corrected chi connectivity index (χ4v) is 1.86. The Labute approximate surface area is 113 Å². The topological polar surface area (TPSA) is 70.7 Å². The van der Waals surface area contributed by atoms with E-state index in [4.69, 9.17) is 0 Å². The summed E-state index contributed by atoms with van der Waals surface area (Å²) in [5.41, 5.74) is 2.41. The molecule has 2 heterocycles. The number of rotatable bonds is 4. The first-order valence-electron chi connectivity index (χ1n) is 5.61. The first-order valence-corrected chi connectivity index (χ1v) is 6.40. The SMILES string of the molecule is CCc1cc(CNC(=O)c2cncc(Br)c2)[nH]n1. The van der Waals surface area contributed by atoms with Crippen molar-refractivity contribution in [2.75, 3.05) is 0 Å². The molecule has 0 aliphatic carbocycles. The third kappa shape index (κ3) is 3.16. The van der Waals surface area contributed by atoms with E-state index >= 15 is 0 Å². The molecule has 0 aromatic carbocycles. The van der Waals surface area contributed by atoms with Crippen LogP contribution in [0.25, 0.3) is 0 Å². The standard InChI is InChI=1S/C12H13BrN4O/c1-2-10-4-11(17-16-10)7-15-12(18)8-3-9(13)6-14-5-8/h3-6H,2,7H2,1H3,(H,15,18)(H,16,17). The van der Waals surface area contributed by atoms with E-state index in [1.54, 1.807) is 12.3 Å². The number of nitrogens with zero attached hydrogens (tertiary/aromatic N) is 2. The van der Waals surface area contributed by atoms with E-state index in [2.05, 4.69) is 36.4 Å². The first-order chi connectivity index (χ1) is 8.69. The summed E-state index contributed by atoms with van der Waals surface area (Å²) in [6, 6.07) is 3.67. The number of carbonyl (C=O) groups is 1. The summed E-state index contributed by atoms with van der Waals surface area (Å²) in [7, 11) is 0. The van der Waals surface area contributed by atoms with E-state index < -0.39 is 0 Å². The third-order valence-corrected chi connectivity index (χ3v) is 2.89. The van der Waals surface area contributed by atoms with Crippen molar-refractivity contribution in [3.05, 3.63) is 46.0 Å². The molecule has 0 aliphatic heterocycles. The summed E-state index contributed by atoms with van der Waals surface area (Å²) in [5, 5.41) is 9.80. The lowest BCUT2D eigenvalue weighted by molar-refractivity contribution is 0.0950. The van der Waals surface area contributed by atoms with E-state index in [0.717, 1.165) is 22.3 Å². The Morgan fingerprint density at radius 3 is 2.94 bits per heavy atom. The molecule has 5 nitrogen and oxygen atoms in total. The molecule has 2 aromatic rings. The molecule has 0 saturated heterocycles. The number of H-pyrrole nitrogens is 1. The van der Waals surface area contributed by atoms with Gasteiger partial charge in [-0.15, -0.1) is 0 Å². The Hall–Kier alpha value is -1.69. The van der Waals surface area contributed by atoms with Gasteiger partial charge in [0.05, 0.1) is 23.5 Å². The van der Waals surface area contributed by atoms with Gasteiger partial charge in [0.15, 0.2) is 0 Å². The van der Waals surface area contributed by atoms with Crippen molar-refractivity contribution < 1.29 is 4.79 Å². The summed E-state index contributed by atoms with van der Waals surface area (Å²) in [6.45, 7) is 2.46. The first kappa shape index (κ1) is 12.8. The van der Waals surface area contributed by atoms with Crippen molar-refractivity contribution in [3.63, 3.8) is 0 Å². The van der Waals surface area contributed by atoms with Crippen LogP contribution >= 0.6 is 15.9 Å². The predicted molar refractivity (Wildman–Crippen MR) is 71.1 cm³/mol. The molecule has 0 unspecified atom stereocenters. The van der Waals surface area contributed by atoms with Gasteiger partial charge in [0.1, 0.15) is 0 Å². The molecule has 18 heavy (non-hydrogen) atoms. The molecule has 0 saturated carbocycles. The summed E-state index contributed by atoms with van der Waals surface area (Å²) < 4.78 is 0.782. The highest BCUT2D eigenvalue weighted by molar-refractivity contribution is 9.10. The Kier molecular flexibility index (Phi) is 4.09. The van der Waals surface area contributed by atoms with Gasteiger partial charge in [0.2, 0.25) is 0 Å². The maximum atomic E-state index is 11.8. The van der Waals surface area contributed by atoms with Crippen LogP contribution in [0.3, 0.4) is 0 Å². The molecule has 94 valence electrons. The summed E-state index contributed by atoms with van der Waals surface area (Å²) in [5.74, 6) is -0.156. The molecular formula is C12H13BrN4O. The van der Waals surface area contributed by atoms with Crippen LogP contribution in [0.15, 0.2) is 29.0 Å². The number of carbonyl (C=O) groups excluding carboxylic acids is 1. The van der Waals surface area contributed by atoms with Crippen LogP contribution in [-0.2, 0) is 13.0 Å². The Balaban J connectivity index is 1.96. The van der Waals surface area contributed by atoms with E-state index in [9.17, 15) is 4.79 Å². The van der Waals surface area contributed by atoms with Crippen LogP contribution in [-0.4, -0.2) is 21.1 Å². The summed E-state index contributed by atoms with van der Waals surface area (Å²) in [4.78, 5) is 15.8. The lowest BCUT2D eigenvalue weighted by atomic mass is 10.2. The Bertz CT molecular complexity index is 553. The number of hydrogen-bond donors (Lipinski definition) is 2. The van der Waals surface area contributed by atoms with Gasteiger partial charge in [-0.3, -0.25) is 14.9 Å². The molecular weight excluding hydrogens is 296 g/mol. The number of nitrogens with one attached hydrogen (secondary N) is 2. The number of hydrogen-bond acceptors (Lipinski definition) is 3. The minimum absolute atomic E-state index is 0.156. The van der Waals surface area contributed by atoms with Gasteiger partial charge in [-0.2, -0.15) is 5.10 Å². The van der Waals surface area contributed by atoms with Gasteiger partial charge >= 0.3 is 0 Å². The molecule has 6 heteroatoms. The zero-order valence-electron chi connectivity index (χ0n) is 9.90. The number of aromatic amines is 1. The summed E-state index contributed by atoms with van der Waals surface area (Å²) >= 11 is 3.28. The van der Waals surface area contributed by atoms with Crippen molar-refractivity contribution in [1.82, 2.24) is 20.5 Å². The fourth-order valence-electron chi connectivity index (χ4n) is 1.49. The van der Waals surface area contributed by atoms with Gasteiger partial charge in [-0.1, -0.05) is 6.92 Å². The van der Waals surface area contributed by atoms with E-state index in [-0.39, 0.29) is 5.91 Å². The van der Waals surface area contributed by atoms with Crippen molar-refractivity contribution in [2.45, 2.75) is 19.9 Å². The van der Waals surface area contributed by atoms with Gasteiger partial charge in [0, 0.05) is 16.9 Å². The van der Waals surface area contributed by atoms with Crippen molar-refractivity contribution in [1.29, 1.82) is 0 Å². The second-order valence-corrected chi connectivity index (χ2v) is 4.73. The fraction of sp³-hybridized carbons (Fsp3) is 0.250. The molecule has 0 spiro atoms. The highest BCUT2D eigenvalue weighted by atomic mass is 79.9. The van der Waals surface area contributed by atoms with Crippen molar-refractivity contribution >= 4 is 21.8 Å². The second-order valence-electron chi connectivity index (χ2n) is 3.81. The molecule has 2 N–H and O–H groups in total. The van der Waals surface area contributed by atoms with Gasteiger partial charge < -0.3 is 5.32 Å². The smallest absolute Gasteiger partial charge is 0.253 e. The molecule has 0 fully saturated rings. The minimum atomic E-state index is -0.156. The Morgan fingerprint density at radius 1 is 1.44 bits per heavy atom. The number of pyridine rings is 1. The zero-order chi connectivity index (χ0) is 13.0. The highest BCUT2D eigenvalue weighted by Crippen LogP contribution is 2.09. The molecule has 0 aliphatic rings. The van der Waals surface area contributed by atoms with Gasteiger partial charge in [-0.25, -0.2) is 0 Å². The Morgan fingerprint density at radius 2 is 2.28 bits per heavy atom. The number of amides is 1. The molecule has 1 amide bonds. The molecule has 0 radical (unpaired) electrons. The normalized spacial score (nSPS) is 10.3. The molecule has 0 atom stereocenters. The average Bonchev–Trinajstić information content (AvgIpc) is 2.84. The minimum Gasteiger partial charge on any atom is -0.346 e. The molecule has 0 bridgehead atoms. The van der Waals surface area contributed by atoms with Crippen LogP contribution in [0, 0.1) is 0 Å². The van der Waals surface area contributed by atoms with Crippen molar-refractivity contribution in [2.24, 2.45) is 0 Å². The number of aryl methyl sites for hydroxylation is 1. The lowest BCUT2D eigenvalue weighted by Crippen LogP contribution is -2.23. The maximum absolute atomic E-state index is 11.8. The van der Waals surface area contributed by atoms with E-state index in [1.165, 1.54) is 6.20 Å². The number of aromatic nitrogens is 3. The monoisotopic (exact) mass is 308 g/mol. The van der Waals surface area contributed by atoms with Crippen LogP contribution in [0.1, 0.15) is 28.7 Å². The quantitative estimate of drug-likeness (QED) is 0.908. The number of halogens is 1. The molecule has 2 aromatic heterocycles. The largest absolute Gasteiger partial charge is 0.346 e. The van der Waals surface area contributed by atoms with Gasteiger partial charge in [0.25, 0.3) is 5.91 Å². The average molecular weight is 309 g/mol. The van der Waals surface area contributed by atoms with Crippen LogP contribution < -0.4 is 5.32 Å². The van der Waals surface area contributed by atoms with E-state index in [0.29, 0.717) is 12.1 Å². The highest BCUT2D eigenvalue weighted by Gasteiger charge is 2.07. The second kappa shape index (κ2) is 5.77. The van der Waals surface area contributed by atoms with E-state index in [1.807, 2.05) is 13.0 Å². The van der Waals surface area contributed by atoms with Gasteiger partial charge in [-0.05, 0) is 34.5 Å². The van der Waals surface area contributed by atoms with Crippen LogP contribution in [0.5, 0.6) is 0 Å². The van der Waals surface area contributed by atoms with Crippen molar-refractivity contribution in [3.8, 4) is 0 Å². The predicted octanol–water partition coefficient (Wildman–Crippen LogP) is 2.06. The lowest BCUT2D eigenvalue weighted by Gasteiger charge is -2.03. The van der Waals surface area contributed by atoms with Crippen LogP contribution in [0.4, 0.5) is 0 Å².